The minimum atomic E-state index is -0.299. The van der Waals surface area contributed by atoms with Crippen molar-refractivity contribution in [2.45, 2.75) is 0 Å². The SMILES string of the molecule is N#Cc1ccc(NC(=O)/C=C/c2ccccc2C#N)cc1. The third-order valence-electron chi connectivity index (χ3n) is 2.78. The van der Waals surface area contributed by atoms with Crippen molar-refractivity contribution < 1.29 is 4.79 Å². The molecule has 4 nitrogen and oxygen atoms in total. The molecule has 21 heavy (non-hydrogen) atoms. The molecular weight excluding hydrogens is 262 g/mol. The Hall–Kier alpha value is -3.37. The number of carbonyl (C=O) groups is 1. The molecule has 2 aromatic carbocycles. The molecule has 0 aliphatic heterocycles. The van der Waals surface area contributed by atoms with Crippen LogP contribution in [0.15, 0.2) is 54.6 Å². The molecule has 0 saturated carbocycles. The minimum Gasteiger partial charge on any atom is -0.323 e. The zero-order chi connectivity index (χ0) is 15.1. The summed E-state index contributed by atoms with van der Waals surface area (Å²) in [6.07, 6.45) is 2.96. The fourth-order valence-corrected chi connectivity index (χ4v) is 1.72. The van der Waals surface area contributed by atoms with Crippen molar-refractivity contribution >= 4 is 17.7 Å². The van der Waals surface area contributed by atoms with E-state index in [0.29, 0.717) is 22.4 Å². The normalized spacial score (nSPS) is 9.81. The van der Waals surface area contributed by atoms with E-state index in [0.717, 1.165) is 0 Å². The van der Waals surface area contributed by atoms with Crippen molar-refractivity contribution in [3.63, 3.8) is 0 Å². The molecule has 0 aliphatic carbocycles. The molecule has 2 rings (SSSR count). The van der Waals surface area contributed by atoms with Crippen molar-refractivity contribution in [3.8, 4) is 12.1 Å². The predicted octanol–water partition coefficient (Wildman–Crippen LogP) is 3.08. The second-order valence-corrected chi connectivity index (χ2v) is 4.21. The Balaban J connectivity index is 2.06. The number of amides is 1. The standard InChI is InChI=1S/C17H11N3O/c18-11-13-5-8-16(9-6-13)20-17(21)10-7-14-3-1-2-4-15(14)12-19/h1-10H,(H,20,21)/b10-7+. The topological polar surface area (TPSA) is 76.7 Å². The highest BCUT2D eigenvalue weighted by Crippen LogP contribution is 2.11. The molecule has 0 aromatic heterocycles. The third kappa shape index (κ3) is 3.79. The Bertz CT molecular complexity index is 762. The number of hydrogen-bond acceptors (Lipinski definition) is 3. The molecule has 0 heterocycles. The quantitative estimate of drug-likeness (QED) is 0.873. The maximum absolute atomic E-state index is 11.8. The summed E-state index contributed by atoms with van der Waals surface area (Å²) in [5.74, 6) is -0.299. The lowest BCUT2D eigenvalue weighted by Gasteiger charge is -2.02. The van der Waals surface area contributed by atoms with E-state index in [-0.39, 0.29) is 5.91 Å². The van der Waals surface area contributed by atoms with Gasteiger partial charge in [-0.05, 0) is 42.0 Å². The number of hydrogen-bond donors (Lipinski definition) is 1. The molecule has 0 atom stereocenters. The van der Waals surface area contributed by atoms with Gasteiger partial charge in [-0.15, -0.1) is 0 Å². The van der Waals surface area contributed by atoms with Gasteiger partial charge in [-0.25, -0.2) is 0 Å². The van der Waals surface area contributed by atoms with Gasteiger partial charge in [-0.2, -0.15) is 10.5 Å². The van der Waals surface area contributed by atoms with Gasteiger partial charge in [0.2, 0.25) is 5.91 Å². The first-order valence-corrected chi connectivity index (χ1v) is 6.21. The zero-order valence-corrected chi connectivity index (χ0v) is 11.1. The van der Waals surface area contributed by atoms with Crippen molar-refractivity contribution in [2.75, 3.05) is 5.32 Å². The van der Waals surface area contributed by atoms with E-state index in [9.17, 15) is 4.79 Å². The van der Waals surface area contributed by atoms with Gasteiger partial charge in [0.25, 0.3) is 0 Å². The largest absolute Gasteiger partial charge is 0.323 e. The van der Waals surface area contributed by atoms with Gasteiger partial charge in [-0.3, -0.25) is 4.79 Å². The van der Waals surface area contributed by atoms with Crippen LogP contribution in [0.1, 0.15) is 16.7 Å². The lowest BCUT2D eigenvalue weighted by molar-refractivity contribution is -0.111. The molecule has 1 N–H and O–H groups in total. The van der Waals surface area contributed by atoms with Gasteiger partial charge in [-0.1, -0.05) is 18.2 Å². The van der Waals surface area contributed by atoms with E-state index in [1.807, 2.05) is 6.07 Å². The molecule has 0 bridgehead atoms. The van der Waals surface area contributed by atoms with Crippen molar-refractivity contribution in [3.05, 3.63) is 71.3 Å². The molecule has 0 fully saturated rings. The van der Waals surface area contributed by atoms with Gasteiger partial charge < -0.3 is 5.32 Å². The van der Waals surface area contributed by atoms with Crippen LogP contribution < -0.4 is 5.32 Å². The van der Waals surface area contributed by atoms with E-state index in [4.69, 9.17) is 10.5 Å². The molecule has 0 saturated heterocycles. The highest BCUT2D eigenvalue weighted by molar-refractivity contribution is 6.02. The predicted molar refractivity (Wildman–Crippen MR) is 80.0 cm³/mol. The van der Waals surface area contributed by atoms with Crippen LogP contribution >= 0.6 is 0 Å². The molecule has 2 aromatic rings. The highest BCUT2D eigenvalue weighted by Gasteiger charge is 2.00. The molecule has 0 aliphatic rings. The first-order valence-electron chi connectivity index (χ1n) is 6.21. The number of nitrogens with one attached hydrogen (secondary N) is 1. The summed E-state index contributed by atoms with van der Waals surface area (Å²) in [6.45, 7) is 0. The van der Waals surface area contributed by atoms with Crippen LogP contribution in [0.2, 0.25) is 0 Å². The maximum Gasteiger partial charge on any atom is 0.248 e. The van der Waals surface area contributed by atoms with Crippen LogP contribution in [0.5, 0.6) is 0 Å². The monoisotopic (exact) mass is 273 g/mol. The molecule has 100 valence electrons. The van der Waals surface area contributed by atoms with E-state index in [2.05, 4.69) is 11.4 Å². The van der Waals surface area contributed by atoms with E-state index in [1.54, 1.807) is 54.6 Å². The van der Waals surface area contributed by atoms with Crippen LogP contribution in [0.4, 0.5) is 5.69 Å². The Labute approximate surface area is 122 Å². The second-order valence-electron chi connectivity index (χ2n) is 4.21. The smallest absolute Gasteiger partial charge is 0.248 e. The molecule has 0 spiro atoms. The zero-order valence-electron chi connectivity index (χ0n) is 11.1. The van der Waals surface area contributed by atoms with Crippen molar-refractivity contribution in [1.82, 2.24) is 0 Å². The van der Waals surface area contributed by atoms with Crippen LogP contribution in [0, 0.1) is 22.7 Å². The lowest BCUT2D eigenvalue weighted by atomic mass is 10.1. The second kappa shape index (κ2) is 6.70. The average Bonchev–Trinajstić information content (AvgIpc) is 2.54. The minimum absolute atomic E-state index is 0.299. The Morgan fingerprint density at radius 3 is 2.38 bits per heavy atom. The van der Waals surface area contributed by atoms with Crippen molar-refractivity contribution in [2.24, 2.45) is 0 Å². The fraction of sp³-hybridized carbons (Fsp3) is 0. The third-order valence-corrected chi connectivity index (χ3v) is 2.78. The van der Waals surface area contributed by atoms with E-state index in [1.165, 1.54) is 6.08 Å². The fourth-order valence-electron chi connectivity index (χ4n) is 1.72. The van der Waals surface area contributed by atoms with Crippen molar-refractivity contribution in [1.29, 1.82) is 10.5 Å². The Morgan fingerprint density at radius 1 is 1.00 bits per heavy atom. The number of nitriles is 2. The first kappa shape index (κ1) is 14.0. The number of benzene rings is 2. The van der Waals surface area contributed by atoms with Gasteiger partial charge >= 0.3 is 0 Å². The average molecular weight is 273 g/mol. The summed E-state index contributed by atoms with van der Waals surface area (Å²) in [5.41, 5.74) is 2.35. The molecule has 0 unspecified atom stereocenters. The summed E-state index contributed by atoms with van der Waals surface area (Å²) in [4.78, 5) is 11.8. The maximum atomic E-state index is 11.8. The number of nitrogens with zero attached hydrogens (tertiary/aromatic N) is 2. The van der Waals surface area contributed by atoms with Gasteiger partial charge in [0, 0.05) is 11.8 Å². The summed E-state index contributed by atoms with van der Waals surface area (Å²) in [6, 6.07) is 17.7. The highest BCUT2D eigenvalue weighted by atomic mass is 16.1. The van der Waals surface area contributed by atoms with Gasteiger partial charge in [0.15, 0.2) is 0 Å². The number of anilines is 1. The lowest BCUT2D eigenvalue weighted by Crippen LogP contribution is -2.07. The van der Waals surface area contributed by atoms with Crippen LogP contribution in [0.3, 0.4) is 0 Å². The molecule has 0 radical (unpaired) electrons. The summed E-state index contributed by atoms with van der Waals surface area (Å²) in [7, 11) is 0. The van der Waals surface area contributed by atoms with E-state index < -0.39 is 0 Å². The molecule has 4 heteroatoms. The number of carbonyl (C=O) groups excluding carboxylic acids is 1. The van der Waals surface area contributed by atoms with Gasteiger partial charge in [0.05, 0.1) is 23.3 Å². The Kier molecular flexibility index (Phi) is 4.48. The molecule has 1 amide bonds. The molecular formula is C17H11N3O. The van der Waals surface area contributed by atoms with Crippen LogP contribution in [-0.2, 0) is 4.79 Å². The summed E-state index contributed by atoms with van der Waals surface area (Å²) in [5, 5.41) is 20.3. The van der Waals surface area contributed by atoms with Gasteiger partial charge in [0.1, 0.15) is 0 Å². The summed E-state index contributed by atoms with van der Waals surface area (Å²) < 4.78 is 0. The first-order chi connectivity index (χ1) is 10.2. The van der Waals surface area contributed by atoms with Crippen LogP contribution in [0.25, 0.3) is 6.08 Å². The van der Waals surface area contributed by atoms with E-state index >= 15 is 0 Å². The van der Waals surface area contributed by atoms with Crippen LogP contribution in [-0.4, -0.2) is 5.91 Å². The number of rotatable bonds is 3. The summed E-state index contributed by atoms with van der Waals surface area (Å²) >= 11 is 0. The Morgan fingerprint density at radius 2 is 1.71 bits per heavy atom.